The number of hydrogen-bond acceptors (Lipinski definition) is 6. The third-order valence-corrected chi connectivity index (χ3v) is 5.22. The number of nitrogens with zero attached hydrogens (tertiary/aromatic N) is 6. The predicted molar refractivity (Wildman–Crippen MR) is 124 cm³/mol. The Bertz CT molecular complexity index is 1360. The van der Waals surface area contributed by atoms with E-state index in [1.54, 1.807) is 41.9 Å². The number of pyridine rings is 3. The van der Waals surface area contributed by atoms with E-state index in [4.69, 9.17) is 4.98 Å². The zero-order chi connectivity index (χ0) is 22.5. The van der Waals surface area contributed by atoms with Crippen molar-refractivity contribution in [1.29, 1.82) is 0 Å². The van der Waals surface area contributed by atoms with Crippen LogP contribution in [-0.4, -0.2) is 41.4 Å². The Kier molecular flexibility index (Phi) is 5.75. The highest BCUT2D eigenvalue weighted by Gasteiger charge is 2.15. The van der Waals surface area contributed by atoms with Crippen LogP contribution >= 0.6 is 0 Å². The van der Waals surface area contributed by atoms with E-state index in [1.807, 2.05) is 53.1 Å². The third kappa shape index (κ3) is 4.57. The molecule has 2 N–H and O–H groups in total. The molecule has 0 unspecified atom stereocenters. The lowest BCUT2D eigenvalue weighted by molar-refractivity contribution is 0.0949. The topological polar surface area (TPSA) is 102 Å². The van der Waals surface area contributed by atoms with Gasteiger partial charge in [0.05, 0.1) is 23.4 Å². The van der Waals surface area contributed by atoms with E-state index in [-0.39, 0.29) is 5.91 Å². The number of rotatable bonds is 8. The number of aromatic nitrogens is 6. The van der Waals surface area contributed by atoms with Crippen LogP contribution in [0, 0.1) is 0 Å². The number of hydrogen-bond donors (Lipinski definition) is 2. The number of nitrogens with one attached hydrogen (secondary N) is 2. The van der Waals surface area contributed by atoms with Gasteiger partial charge in [0, 0.05) is 43.7 Å². The molecular formula is C24H22N8O. The van der Waals surface area contributed by atoms with Gasteiger partial charge in [-0.25, -0.2) is 9.97 Å². The van der Waals surface area contributed by atoms with Gasteiger partial charge in [-0.3, -0.25) is 23.7 Å². The summed E-state index contributed by atoms with van der Waals surface area (Å²) >= 11 is 0. The van der Waals surface area contributed by atoms with Gasteiger partial charge in [-0.2, -0.15) is 0 Å². The SMILES string of the molecule is O=C(NCCc1ccncc1)c1cn(-c2nc(CNc3cccnc3)c3ccccn23)cn1. The van der Waals surface area contributed by atoms with E-state index in [9.17, 15) is 4.79 Å². The fraction of sp³-hybridized carbons (Fsp3) is 0.125. The van der Waals surface area contributed by atoms with Crippen molar-refractivity contribution in [3.8, 4) is 5.95 Å². The molecule has 0 spiro atoms. The average molecular weight is 438 g/mol. The maximum Gasteiger partial charge on any atom is 0.271 e. The molecule has 5 aromatic rings. The maximum atomic E-state index is 12.6. The van der Waals surface area contributed by atoms with E-state index in [0.29, 0.717) is 24.7 Å². The number of anilines is 1. The van der Waals surface area contributed by atoms with E-state index >= 15 is 0 Å². The molecule has 5 rings (SSSR count). The summed E-state index contributed by atoms with van der Waals surface area (Å²) in [4.78, 5) is 29.8. The quantitative estimate of drug-likeness (QED) is 0.386. The molecule has 0 radical (unpaired) electrons. The molecule has 0 saturated heterocycles. The summed E-state index contributed by atoms with van der Waals surface area (Å²) in [5.41, 5.74) is 4.23. The number of fused-ring (bicyclic) bond motifs is 1. The Hall–Kier alpha value is -4.53. The van der Waals surface area contributed by atoms with Crippen molar-refractivity contribution in [3.63, 3.8) is 0 Å². The van der Waals surface area contributed by atoms with Crippen LogP contribution in [0.5, 0.6) is 0 Å². The molecule has 0 atom stereocenters. The number of carbonyl (C=O) groups excluding carboxylic acids is 1. The molecule has 5 heterocycles. The molecule has 0 aromatic carbocycles. The standard InChI is InChI=1S/C24H22N8O/c33-23(27-12-8-18-6-10-25-11-7-18)21-16-31(17-29-21)24-30-20(22-5-1-2-13-32(22)24)15-28-19-4-3-9-26-14-19/h1-7,9-11,13-14,16-17,28H,8,12,15H2,(H,27,33). The summed E-state index contributed by atoms with van der Waals surface area (Å²) in [7, 11) is 0. The second-order valence-electron chi connectivity index (χ2n) is 7.44. The monoisotopic (exact) mass is 438 g/mol. The van der Waals surface area contributed by atoms with Crippen LogP contribution in [0.4, 0.5) is 5.69 Å². The van der Waals surface area contributed by atoms with Gasteiger partial charge in [-0.05, 0) is 48.4 Å². The van der Waals surface area contributed by atoms with Crippen molar-refractivity contribution < 1.29 is 4.79 Å². The van der Waals surface area contributed by atoms with E-state index in [2.05, 4.69) is 25.6 Å². The van der Waals surface area contributed by atoms with Crippen molar-refractivity contribution in [3.05, 3.63) is 103 Å². The minimum absolute atomic E-state index is 0.220. The molecule has 0 bridgehead atoms. The molecule has 0 aliphatic carbocycles. The fourth-order valence-corrected chi connectivity index (χ4v) is 3.56. The van der Waals surface area contributed by atoms with Gasteiger partial charge in [0.1, 0.15) is 12.0 Å². The van der Waals surface area contributed by atoms with Crippen molar-refractivity contribution >= 4 is 17.1 Å². The zero-order valence-electron chi connectivity index (χ0n) is 17.8. The van der Waals surface area contributed by atoms with Gasteiger partial charge in [0.25, 0.3) is 5.91 Å². The van der Waals surface area contributed by atoms with Crippen LogP contribution in [0.2, 0.25) is 0 Å². The summed E-state index contributed by atoms with van der Waals surface area (Å²) < 4.78 is 3.74. The van der Waals surface area contributed by atoms with Gasteiger partial charge in [0.2, 0.25) is 5.95 Å². The van der Waals surface area contributed by atoms with Gasteiger partial charge < -0.3 is 10.6 Å². The maximum absolute atomic E-state index is 12.6. The molecule has 33 heavy (non-hydrogen) atoms. The molecule has 0 aliphatic heterocycles. The average Bonchev–Trinajstić information content (AvgIpc) is 3.49. The first-order valence-corrected chi connectivity index (χ1v) is 10.6. The Morgan fingerprint density at radius 3 is 2.76 bits per heavy atom. The van der Waals surface area contributed by atoms with Gasteiger partial charge in [-0.15, -0.1) is 0 Å². The first-order chi connectivity index (χ1) is 16.3. The molecule has 0 saturated carbocycles. The summed E-state index contributed by atoms with van der Waals surface area (Å²) in [6.07, 6.45) is 13.0. The smallest absolute Gasteiger partial charge is 0.271 e. The molecule has 164 valence electrons. The summed E-state index contributed by atoms with van der Waals surface area (Å²) in [6.45, 7) is 1.06. The van der Waals surface area contributed by atoms with Crippen LogP contribution in [0.25, 0.3) is 11.5 Å². The first kappa shape index (κ1) is 20.4. The van der Waals surface area contributed by atoms with Crippen LogP contribution in [0.1, 0.15) is 21.7 Å². The highest BCUT2D eigenvalue weighted by Crippen LogP contribution is 2.18. The fourth-order valence-electron chi connectivity index (χ4n) is 3.56. The van der Waals surface area contributed by atoms with E-state index in [0.717, 1.165) is 28.9 Å². The van der Waals surface area contributed by atoms with Crippen molar-refractivity contribution in [2.45, 2.75) is 13.0 Å². The second-order valence-corrected chi connectivity index (χ2v) is 7.44. The third-order valence-electron chi connectivity index (χ3n) is 5.22. The lowest BCUT2D eigenvalue weighted by Gasteiger charge is -2.03. The molecule has 0 aliphatic rings. The number of carbonyl (C=O) groups is 1. The van der Waals surface area contributed by atoms with Crippen LogP contribution < -0.4 is 10.6 Å². The van der Waals surface area contributed by atoms with Crippen LogP contribution in [0.15, 0.2) is 86.0 Å². The second kappa shape index (κ2) is 9.31. The molecule has 0 fully saturated rings. The first-order valence-electron chi connectivity index (χ1n) is 10.6. The summed E-state index contributed by atoms with van der Waals surface area (Å²) in [5.74, 6) is 0.444. The number of amides is 1. The largest absolute Gasteiger partial charge is 0.378 e. The Balaban J connectivity index is 1.31. The highest BCUT2D eigenvalue weighted by molar-refractivity contribution is 5.92. The lowest BCUT2D eigenvalue weighted by Crippen LogP contribution is -2.26. The van der Waals surface area contributed by atoms with Crippen LogP contribution in [-0.2, 0) is 13.0 Å². The minimum atomic E-state index is -0.220. The van der Waals surface area contributed by atoms with Crippen molar-refractivity contribution in [2.75, 3.05) is 11.9 Å². The summed E-state index contributed by atoms with van der Waals surface area (Å²) in [5, 5.41) is 6.26. The predicted octanol–water partition coefficient (Wildman–Crippen LogP) is 2.89. The van der Waals surface area contributed by atoms with Crippen LogP contribution in [0.3, 0.4) is 0 Å². The molecule has 5 aromatic heterocycles. The Labute approximate surface area is 190 Å². The minimum Gasteiger partial charge on any atom is -0.378 e. The lowest BCUT2D eigenvalue weighted by atomic mass is 10.2. The van der Waals surface area contributed by atoms with E-state index < -0.39 is 0 Å². The molecular weight excluding hydrogens is 416 g/mol. The Morgan fingerprint density at radius 2 is 1.91 bits per heavy atom. The van der Waals surface area contributed by atoms with Gasteiger partial charge >= 0.3 is 0 Å². The summed E-state index contributed by atoms with van der Waals surface area (Å²) in [6, 6.07) is 13.6. The normalized spacial score (nSPS) is 10.9. The Morgan fingerprint density at radius 1 is 1.00 bits per heavy atom. The molecule has 1 amide bonds. The number of imidazole rings is 2. The highest BCUT2D eigenvalue weighted by atomic mass is 16.1. The zero-order valence-corrected chi connectivity index (χ0v) is 17.8. The van der Waals surface area contributed by atoms with Crippen molar-refractivity contribution in [1.82, 2.24) is 34.2 Å². The van der Waals surface area contributed by atoms with Crippen molar-refractivity contribution in [2.24, 2.45) is 0 Å². The van der Waals surface area contributed by atoms with Gasteiger partial charge in [-0.1, -0.05) is 6.07 Å². The van der Waals surface area contributed by atoms with Gasteiger partial charge in [0.15, 0.2) is 0 Å². The van der Waals surface area contributed by atoms with E-state index in [1.165, 1.54) is 0 Å². The molecule has 9 nitrogen and oxygen atoms in total. The molecule has 9 heteroatoms.